The third kappa shape index (κ3) is 24.4. The number of alkyl halides is 6. The summed E-state index contributed by atoms with van der Waals surface area (Å²) in [4.78, 5) is 94.2. The molecule has 0 aliphatic heterocycles. The van der Waals surface area contributed by atoms with Crippen LogP contribution in [-0.2, 0) is 46.0 Å². The van der Waals surface area contributed by atoms with Crippen LogP contribution >= 0.6 is 22.9 Å². The third-order valence-electron chi connectivity index (χ3n) is 20.3. The zero-order chi connectivity index (χ0) is 99.8. The van der Waals surface area contributed by atoms with E-state index in [1.807, 2.05) is 75.0 Å². The molecule has 0 saturated heterocycles. The van der Waals surface area contributed by atoms with Crippen molar-refractivity contribution in [1.29, 1.82) is 0 Å². The first-order chi connectivity index (χ1) is 66.4. The van der Waals surface area contributed by atoms with E-state index in [1.54, 1.807) is 111 Å². The second kappa shape index (κ2) is 43.9. The fourth-order valence-electron chi connectivity index (χ4n) is 13.5. The summed E-state index contributed by atoms with van der Waals surface area (Å²) in [5, 5.41) is 30.8. The van der Waals surface area contributed by atoms with Gasteiger partial charge in [-0.25, -0.2) is 65.6 Å². The largest absolute Gasteiger partial charge is 0.478 e. The number of thiazole rings is 1. The number of anilines is 5. The van der Waals surface area contributed by atoms with Gasteiger partial charge in [-0.3, -0.25) is 47.7 Å². The van der Waals surface area contributed by atoms with Crippen LogP contribution in [0.3, 0.4) is 0 Å². The molecule has 139 heavy (non-hydrogen) atoms. The van der Waals surface area contributed by atoms with Crippen molar-refractivity contribution in [3.63, 3.8) is 0 Å². The number of aromatic nitrogens is 16. The fraction of sp³-hybridized carbons (Fsp3) is 0.156. The molecule has 28 nitrogen and oxygen atoms in total. The van der Waals surface area contributed by atoms with Crippen LogP contribution in [0.5, 0.6) is 5.88 Å². The number of oxazole rings is 1. The van der Waals surface area contributed by atoms with Crippen LogP contribution in [0.25, 0.3) is 78.1 Å². The summed E-state index contributed by atoms with van der Waals surface area (Å²) in [6.07, 6.45) is 2.86. The maximum Gasteiger partial charge on any atom is 0.435 e. The summed E-state index contributed by atoms with van der Waals surface area (Å²) in [6, 6.07) is 41.0. The van der Waals surface area contributed by atoms with E-state index >= 15 is 0 Å². The fourth-order valence-corrected chi connectivity index (χ4v) is 14.4. The van der Waals surface area contributed by atoms with Crippen LogP contribution in [0.4, 0.5) is 85.9 Å². The predicted octanol–water partition coefficient (Wildman–Crippen LogP) is 22.1. The summed E-state index contributed by atoms with van der Waals surface area (Å²) in [6.45, 7) is 14.2. The molecule has 5 N–H and O–H groups in total. The number of hydrogen-bond donors (Lipinski definition) is 5. The number of nitrogens with one attached hydrogen (secondary N) is 5. The zero-order valence-electron chi connectivity index (χ0n) is 74.4. The van der Waals surface area contributed by atoms with Gasteiger partial charge in [-0.15, -0.1) is 11.3 Å². The van der Waals surface area contributed by atoms with Gasteiger partial charge < -0.3 is 35.7 Å². The van der Waals surface area contributed by atoms with Crippen LogP contribution in [0.2, 0.25) is 5.02 Å². The first-order valence-electron chi connectivity index (χ1n) is 41.8. The van der Waals surface area contributed by atoms with Crippen molar-refractivity contribution in [2.45, 2.75) is 80.3 Å². The van der Waals surface area contributed by atoms with Gasteiger partial charge in [0.25, 0.3) is 29.5 Å². The molecule has 0 bridgehead atoms. The van der Waals surface area contributed by atoms with E-state index in [9.17, 15) is 81.0 Å². The highest BCUT2D eigenvalue weighted by atomic mass is 35.5. The highest BCUT2D eigenvalue weighted by molar-refractivity contribution is 7.13. The number of rotatable bonds is 21. The molecule has 0 spiro atoms. The van der Waals surface area contributed by atoms with Gasteiger partial charge in [-0.05, 0) is 190 Å². The second-order valence-electron chi connectivity index (χ2n) is 29.9. The van der Waals surface area contributed by atoms with Crippen LogP contribution < -0.4 is 31.3 Å². The maximum absolute atomic E-state index is 13.9. The number of nitrogens with zero attached hydrogens (tertiary/aromatic N) is 16. The van der Waals surface area contributed by atoms with Gasteiger partial charge in [0.2, 0.25) is 5.88 Å². The van der Waals surface area contributed by atoms with E-state index in [0.717, 1.165) is 138 Å². The Labute approximate surface area is 790 Å². The Morgan fingerprint density at radius 3 is 1.47 bits per heavy atom. The molecule has 712 valence electrons. The first kappa shape index (κ1) is 99.9. The Morgan fingerprint density at radius 1 is 0.446 bits per heavy atom. The topological polar surface area (TPSA) is 342 Å². The summed E-state index contributed by atoms with van der Waals surface area (Å²) < 4.78 is 190. The van der Waals surface area contributed by atoms with Crippen molar-refractivity contribution in [3.8, 4) is 72.9 Å². The van der Waals surface area contributed by atoms with Crippen molar-refractivity contribution < 1.29 is 90.2 Å². The minimum atomic E-state index is -4.61. The van der Waals surface area contributed by atoms with Crippen LogP contribution in [0.1, 0.15) is 114 Å². The average molecular weight is 1950 g/mol. The van der Waals surface area contributed by atoms with Crippen molar-refractivity contribution in [1.82, 2.24) is 79.0 Å². The number of hydrogen-bond acceptors (Lipinski definition) is 20. The molecule has 0 unspecified atom stereocenters. The lowest BCUT2D eigenvalue weighted by atomic mass is 10.0. The quantitative estimate of drug-likeness (QED) is 0.0417. The molecule has 0 fully saturated rings. The van der Waals surface area contributed by atoms with Gasteiger partial charge in [-0.1, -0.05) is 67.1 Å². The lowest BCUT2D eigenvalue weighted by molar-refractivity contribution is -0.142. The van der Waals surface area contributed by atoms with Gasteiger partial charge >= 0.3 is 12.4 Å². The number of halogens is 14. The Balaban J connectivity index is 0.000000147. The Hall–Kier alpha value is -16.5. The molecule has 17 rings (SSSR count). The van der Waals surface area contributed by atoms with Crippen molar-refractivity contribution in [2.75, 3.05) is 33.2 Å². The van der Waals surface area contributed by atoms with Crippen LogP contribution in [0, 0.1) is 61.5 Å². The number of carbonyl (C=O) groups is 5. The molecule has 0 radical (unpaired) electrons. The van der Waals surface area contributed by atoms with E-state index in [0.29, 0.717) is 58.7 Å². The highest BCUT2D eigenvalue weighted by Crippen LogP contribution is 2.37. The Morgan fingerprint density at radius 2 is 0.964 bits per heavy atom. The number of fused-ring (bicyclic) bond motifs is 1. The van der Waals surface area contributed by atoms with Gasteiger partial charge in [0, 0.05) is 86.1 Å². The third-order valence-corrected chi connectivity index (χ3v) is 21.3. The van der Waals surface area contributed by atoms with Crippen molar-refractivity contribution >= 4 is 92.4 Å². The predicted molar refractivity (Wildman–Crippen MR) is 493 cm³/mol. The smallest absolute Gasteiger partial charge is 0.435 e. The number of ether oxygens (including phenoxy) is 1. The Bertz CT molecular complexity index is 7240. The molecule has 0 aliphatic rings. The summed E-state index contributed by atoms with van der Waals surface area (Å²) >= 11 is 7.47. The van der Waals surface area contributed by atoms with Crippen LogP contribution in [-0.4, -0.2) is 115 Å². The summed E-state index contributed by atoms with van der Waals surface area (Å²) in [5.74, 6) is -8.86. The number of amides is 5. The summed E-state index contributed by atoms with van der Waals surface area (Å²) in [5.41, 5.74) is 7.69. The molecule has 43 heteroatoms. The zero-order valence-corrected chi connectivity index (χ0v) is 76.0. The van der Waals surface area contributed by atoms with E-state index in [4.69, 9.17) is 20.8 Å². The number of benzene rings is 7. The molecule has 5 amide bonds. The Kier molecular flexibility index (Phi) is 31.5. The number of carbonyl (C=O) groups excluding carboxylic acids is 5. The van der Waals surface area contributed by atoms with Gasteiger partial charge in [0.1, 0.15) is 90.8 Å². The van der Waals surface area contributed by atoms with Gasteiger partial charge in [0.05, 0.1) is 71.0 Å². The van der Waals surface area contributed by atoms with E-state index in [-0.39, 0.29) is 51.7 Å². The van der Waals surface area contributed by atoms with E-state index in [2.05, 4.69) is 86.9 Å². The lowest BCUT2D eigenvalue weighted by Gasteiger charge is -2.09. The molecule has 10 heterocycles. The molecule has 0 atom stereocenters. The van der Waals surface area contributed by atoms with Gasteiger partial charge in [0.15, 0.2) is 34.5 Å². The molecule has 17 aromatic rings. The monoisotopic (exact) mass is 1950 g/mol. The minimum absolute atomic E-state index is 0.0173. The van der Waals surface area contributed by atoms with E-state index in [1.165, 1.54) is 61.5 Å². The number of aryl methyl sites for hydroxylation is 8. The van der Waals surface area contributed by atoms with Crippen molar-refractivity contribution in [2.24, 2.45) is 14.1 Å². The molecule has 0 aliphatic carbocycles. The normalized spacial score (nSPS) is 11.1. The average Bonchev–Trinajstić information content (AvgIpc) is 1.71. The summed E-state index contributed by atoms with van der Waals surface area (Å²) in [7, 11) is 3.02. The SMILES string of the molecule is CCOc1cc(C)c(-c2cnc(NC(=O)c3c(F)cccc3F)cn2)cn1.CCc1nc2cc(-c3ccc(NC(=O)c4c(F)cccc4F)nc3)c(C)cc2o1.CCn1nc(-c2nccs2)cc1-c1ccc(NC(=O)c2ccccc2F)cc1.CCn1nc(C(F)(F)F)cc1-c1cnc(NC(=O)c2c(F)cc(C)cc2F)cn1.Cn1nc(C(F)(F)F)cc1-c1ccc(NC(=O)c2c(Cl)cnn2C)cc1. The standard InChI is InChI=1S/C22H17F2N3O2.C21H17FN4OS.C19H16F2N4O2.C18H14F5N5O.C16H13ClF3N5O/c1-3-20-26-17-10-14(12(2)9-18(17)29-20)13-7-8-19(25-11-13)27-22(28)21-15(23)5-4-6-16(21)24;1-2-26-19(13-18(25-26)21-23-11-12-28-21)14-7-9-15(10-8-14)24-20(27)16-5-3-4-6-17(16)22;1-3-27-17-7-11(2)12(8-24-17)15-9-23-16(10-22-15)25-19(26)18-13(20)5-4-6-14(18)21;1-3-28-13(6-14(27-28)18(21,22)23)12-7-25-15(8-24-12)26-17(29)16-10(19)4-9(2)5-11(16)20;1-24-12(7-13(23-24)16(18,19)20)9-3-5-10(6-4-9)22-15(26)14-11(17)8-21-25(14)2/h4-11H,3H2,1-2H3,(H,25,27,28);3-13H,2H2,1H3,(H,24,27);4-10H,3H2,1-2H3,(H,23,25,26);4-8H,3H2,1-2H3,(H,25,26,29);3-8H,1-2H3,(H,22,26). The maximum atomic E-state index is 13.9. The van der Waals surface area contributed by atoms with E-state index < -0.39 is 111 Å². The first-order valence-corrected chi connectivity index (χ1v) is 43.0. The number of pyridine rings is 2. The van der Waals surface area contributed by atoms with Gasteiger partial charge in [-0.2, -0.15) is 46.7 Å². The molecular weight excluding hydrogens is 1870 g/mol. The second-order valence-corrected chi connectivity index (χ2v) is 31.2. The molecule has 10 aromatic heterocycles. The molecule has 0 saturated carbocycles. The highest BCUT2D eigenvalue weighted by Gasteiger charge is 2.37. The minimum Gasteiger partial charge on any atom is -0.478 e. The molecular formula is C96H77ClF13N21O7S. The lowest BCUT2D eigenvalue weighted by Crippen LogP contribution is -2.17. The molecule has 7 aromatic carbocycles. The van der Waals surface area contributed by atoms with Crippen LogP contribution in [0.15, 0.2) is 229 Å². The van der Waals surface area contributed by atoms with Crippen molar-refractivity contribution in [3.05, 3.63) is 332 Å².